The number of hydrogen-bond acceptors (Lipinski definition) is 1. The summed E-state index contributed by atoms with van der Waals surface area (Å²) < 4.78 is 39.5. The molecule has 4 heteroatoms. The first-order valence-electron chi connectivity index (χ1n) is 5.27. The van der Waals surface area contributed by atoms with Gasteiger partial charge in [-0.15, -0.1) is 0 Å². The average molecular weight is 250 g/mol. The Kier molecular flexibility index (Phi) is 3.46. The molecule has 0 unspecified atom stereocenters. The number of aldehydes is 1. The summed E-state index contributed by atoms with van der Waals surface area (Å²) in [4.78, 5) is 10.5. The zero-order chi connectivity index (χ0) is 13.1. The second-order valence-corrected chi connectivity index (χ2v) is 3.88. The maximum atomic E-state index is 13.4. The number of halogens is 3. The Morgan fingerprint density at radius 3 is 2.00 bits per heavy atom. The van der Waals surface area contributed by atoms with Crippen LogP contribution in [0.4, 0.5) is 13.2 Å². The monoisotopic (exact) mass is 250 g/mol. The van der Waals surface area contributed by atoms with E-state index in [4.69, 9.17) is 0 Å². The molecule has 0 fully saturated rings. The highest BCUT2D eigenvalue weighted by Crippen LogP contribution is 2.18. The molecule has 18 heavy (non-hydrogen) atoms. The second-order valence-electron chi connectivity index (χ2n) is 3.88. The highest BCUT2D eigenvalue weighted by atomic mass is 19.1. The topological polar surface area (TPSA) is 17.1 Å². The summed E-state index contributed by atoms with van der Waals surface area (Å²) in [5.74, 6) is -2.76. The molecule has 0 bridgehead atoms. The Labute approximate surface area is 102 Å². The number of carbonyl (C=O) groups is 1. The van der Waals surface area contributed by atoms with Crippen LogP contribution in [-0.2, 0) is 6.42 Å². The molecule has 2 aromatic carbocycles. The fraction of sp³-hybridized carbons (Fsp3) is 0.0714. The Morgan fingerprint density at radius 2 is 1.50 bits per heavy atom. The average Bonchev–Trinajstić information content (AvgIpc) is 2.34. The minimum atomic E-state index is -0.940. The number of benzene rings is 2. The molecule has 0 aliphatic carbocycles. The van der Waals surface area contributed by atoms with Gasteiger partial charge in [0.05, 0.1) is 0 Å². The number of carbonyl (C=O) groups excluding carboxylic acids is 1. The Bertz CT molecular complexity index is 553. The van der Waals surface area contributed by atoms with E-state index in [1.54, 1.807) is 24.3 Å². The molecule has 0 spiro atoms. The fourth-order valence-corrected chi connectivity index (χ4v) is 1.66. The van der Waals surface area contributed by atoms with Crippen molar-refractivity contribution in [2.75, 3.05) is 0 Å². The summed E-state index contributed by atoms with van der Waals surface area (Å²) in [7, 11) is 0. The smallest absolute Gasteiger partial charge is 0.150 e. The van der Waals surface area contributed by atoms with Gasteiger partial charge in [-0.1, -0.05) is 24.3 Å². The largest absolute Gasteiger partial charge is 0.298 e. The summed E-state index contributed by atoms with van der Waals surface area (Å²) in [5.41, 5.74) is 0.944. The normalized spacial score (nSPS) is 10.4. The third kappa shape index (κ3) is 2.59. The summed E-state index contributed by atoms with van der Waals surface area (Å²) in [6.45, 7) is 0. The van der Waals surface area contributed by atoms with E-state index in [9.17, 15) is 18.0 Å². The van der Waals surface area contributed by atoms with Gasteiger partial charge in [-0.05, 0) is 5.56 Å². The van der Waals surface area contributed by atoms with E-state index in [1.165, 1.54) is 0 Å². The van der Waals surface area contributed by atoms with Crippen LogP contribution in [0.1, 0.15) is 21.5 Å². The van der Waals surface area contributed by atoms with Gasteiger partial charge in [0.1, 0.15) is 23.7 Å². The van der Waals surface area contributed by atoms with Crippen molar-refractivity contribution >= 4 is 6.29 Å². The molecular weight excluding hydrogens is 241 g/mol. The standard InChI is InChI=1S/C14H9F3O/c15-11-6-13(16)12(14(17)7-11)5-9-1-3-10(8-18)4-2-9/h1-4,6-8H,5H2. The van der Waals surface area contributed by atoms with Crippen LogP contribution in [0.5, 0.6) is 0 Å². The zero-order valence-corrected chi connectivity index (χ0v) is 9.29. The van der Waals surface area contributed by atoms with E-state index in [0.717, 1.165) is 0 Å². The Hall–Kier alpha value is -2.10. The van der Waals surface area contributed by atoms with Crippen molar-refractivity contribution in [2.24, 2.45) is 0 Å². The van der Waals surface area contributed by atoms with Crippen LogP contribution in [0.2, 0.25) is 0 Å². The molecule has 0 amide bonds. The number of hydrogen-bond donors (Lipinski definition) is 0. The highest BCUT2D eigenvalue weighted by molar-refractivity contribution is 5.74. The van der Waals surface area contributed by atoms with Crippen LogP contribution in [0, 0.1) is 17.5 Å². The van der Waals surface area contributed by atoms with Crippen LogP contribution in [0.3, 0.4) is 0 Å². The van der Waals surface area contributed by atoms with Crippen molar-refractivity contribution in [3.05, 3.63) is 70.5 Å². The molecule has 1 nitrogen and oxygen atoms in total. The molecule has 0 saturated heterocycles. The van der Waals surface area contributed by atoms with E-state index in [-0.39, 0.29) is 12.0 Å². The van der Waals surface area contributed by atoms with Gasteiger partial charge in [-0.25, -0.2) is 13.2 Å². The second kappa shape index (κ2) is 5.04. The molecule has 0 aliphatic rings. The quantitative estimate of drug-likeness (QED) is 0.762. The van der Waals surface area contributed by atoms with E-state index >= 15 is 0 Å². The predicted molar refractivity (Wildman–Crippen MR) is 61.0 cm³/mol. The van der Waals surface area contributed by atoms with E-state index in [1.807, 2.05) is 0 Å². The third-order valence-electron chi connectivity index (χ3n) is 2.60. The van der Waals surface area contributed by atoms with Gasteiger partial charge in [-0.2, -0.15) is 0 Å². The SMILES string of the molecule is O=Cc1ccc(Cc2c(F)cc(F)cc2F)cc1. The van der Waals surface area contributed by atoms with Crippen LogP contribution < -0.4 is 0 Å². The van der Waals surface area contributed by atoms with Gasteiger partial charge < -0.3 is 0 Å². The third-order valence-corrected chi connectivity index (χ3v) is 2.60. The van der Waals surface area contributed by atoms with Crippen LogP contribution in [0.25, 0.3) is 0 Å². The minimum absolute atomic E-state index is 0.0110. The predicted octanol–water partition coefficient (Wildman–Crippen LogP) is 3.51. The van der Waals surface area contributed by atoms with Crippen molar-refractivity contribution in [2.45, 2.75) is 6.42 Å². The molecule has 0 aliphatic heterocycles. The summed E-state index contributed by atoms with van der Waals surface area (Å²) >= 11 is 0. The lowest BCUT2D eigenvalue weighted by molar-refractivity contribution is 0.112. The molecule has 0 N–H and O–H groups in total. The lowest BCUT2D eigenvalue weighted by Gasteiger charge is -2.05. The van der Waals surface area contributed by atoms with Gasteiger partial charge in [0.2, 0.25) is 0 Å². The summed E-state index contributed by atoms with van der Waals surface area (Å²) in [5, 5.41) is 0. The van der Waals surface area contributed by atoms with Crippen molar-refractivity contribution in [3.8, 4) is 0 Å². The van der Waals surface area contributed by atoms with Crippen LogP contribution in [-0.4, -0.2) is 6.29 Å². The zero-order valence-electron chi connectivity index (χ0n) is 9.29. The van der Waals surface area contributed by atoms with Gasteiger partial charge in [0.25, 0.3) is 0 Å². The van der Waals surface area contributed by atoms with Gasteiger partial charge in [-0.3, -0.25) is 4.79 Å². The van der Waals surface area contributed by atoms with Crippen LogP contribution in [0.15, 0.2) is 36.4 Å². The lowest BCUT2D eigenvalue weighted by Crippen LogP contribution is -1.99. The molecule has 0 saturated carbocycles. The van der Waals surface area contributed by atoms with Crippen molar-refractivity contribution in [1.29, 1.82) is 0 Å². The molecule has 92 valence electrons. The summed E-state index contributed by atoms with van der Waals surface area (Å²) in [6, 6.07) is 7.62. The highest BCUT2D eigenvalue weighted by Gasteiger charge is 2.11. The Balaban J connectivity index is 2.30. The lowest BCUT2D eigenvalue weighted by atomic mass is 10.0. The number of rotatable bonds is 3. The molecule has 0 radical (unpaired) electrons. The molecule has 0 heterocycles. The maximum Gasteiger partial charge on any atom is 0.150 e. The Morgan fingerprint density at radius 1 is 0.944 bits per heavy atom. The molecular formula is C14H9F3O. The van der Waals surface area contributed by atoms with Crippen molar-refractivity contribution < 1.29 is 18.0 Å². The first kappa shape index (κ1) is 12.4. The maximum absolute atomic E-state index is 13.4. The molecule has 2 rings (SSSR count). The first-order valence-corrected chi connectivity index (χ1v) is 5.27. The van der Waals surface area contributed by atoms with E-state index < -0.39 is 17.5 Å². The molecule has 0 atom stereocenters. The molecule has 2 aromatic rings. The van der Waals surface area contributed by atoms with Gasteiger partial charge >= 0.3 is 0 Å². The van der Waals surface area contributed by atoms with Crippen molar-refractivity contribution in [1.82, 2.24) is 0 Å². The van der Waals surface area contributed by atoms with Crippen LogP contribution >= 0.6 is 0 Å². The van der Waals surface area contributed by atoms with E-state index in [0.29, 0.717) is 29.5 Å². The first-order chi connectivity index (χ1) is 8.60. The molecule has 0 aromatic heterocycles. The fourth-order valence-electron chi connectivity index (χ4n) is 1.66. The van der Waals surface area contributed by atoms with Gasteiger partial charge in [0.15, 0.2) is 0 Å². The van der Waals surface area contributed by atoms with E-state index in [2.05, 4.69) is 0 Å². The minimum Gasteiger partial charge on any atom is -0.298 e. The van der Waals surface area contributed by atoms with Gasteiger partial charge in [0, 0.05) is 29.7 Å². The summed E-state index contributed by atoms with van der Waals surface area (Å²) in [6.07, 6.45) is 0.694. The van der Waals surface area contributed by atoms with Crippen molar-refractivity contribution in [3.63, 3.8) is 0 Å².